The Bertz CT molecular complexity index is 435. The van der Waals surface area contributed by atoms with Gasteiger partial charge in [0.2, 0.25) is 5.91 Å². The van der Waals surface area contributed by atoms with Gasteiger partial charge in [0.1, 0.15) is 11.4 Å². The average Bonchev–Trinajstić information content (AvgIpc) is 2.74. The zero-order valence-corrected chi connectivity index (χ0v) is 10.2. The maximum absolute atomic E-state index is 11.6. The quantitative estimate of drug-likeness (QED) is 0.869. The maximum atomic E-state index is 11.6. The molecule has 1 aliphatic rings. The van der Waals surface area contributed by atoms with Crippen molar-refractivity contribution in [2.24, 2.45) is 0 Å². The molecule has 1 fully saturated rings. The highest BCUT2D eigenvalue weighted by Crippen LogP contribution is 2.41. The molecule has 2 atom stereocenters. The molecule has 0 radical (unpaired) electrons. The third-order valence-electron chi connectivity index (χ3n) is 2.73. The van der Waals surface area contributed by atoms with Crippen LogP contribution in [0.3, 0.4) is 0 Å². The highest BCUT2D eigenvalue weighted by atomic mass is 32.2. The van der Waals surface area contributed by atoms with Gasteiger partial charge in [-0.15, -0.1) is 11.8 Å². The Morgan fingerprint density at radius 3 is 2.53 bits per heavy atom. The molecular weight excluding hydrogens is 238 g/mol. The van der Waals surface area contributed by atoms with Gasteiger partial charge in [-0.1, -0.05) is 30.3 Å². The fourth-order valence-electron chi connectivity index (χ4n) is 1.96. The number of carbonyl (C=O) groups excluding carboxylic acids is 1. The molecule has 1 aromatic carbocycles. The predicted molar refractivity (Wildman–Crippen MR) is 65.6 cm³/mol. The molecule has 1 heterocycles. The lowest BCUT2D eigenvalue weighted by atomic mass is 10.2. The molecule has 1 aromatic rings. The summed E-state index contributed by atoms with van der Waals surface area (Å²) in [4.78, 5) is 24.1. The van der Waals surface area contributed by atoms with Crippen LogP contribution in [0.4, 0.5) is 0 Å². The number of carbonyl (C=O) groups is 2. The molecule has 1 amide bonds. The summed E-state index contributed by atoms with van der Waals surface area (Å²) in [7, 11) is 0. The summed E-state index contributed by atoms with van der Waals surface area (Å²) in [5.41, 5.74) is 0.969. The standard InChI is InChI=1S/C12H13NO3S/c1-8(14)13-10(12(15)16)7-17-11(13)9-5-3-2-4-6-9/h2-6,10-11H,7H2,1H3,(H,15,16)/t10-,11-/m1/s1. The number of rotatable bonds is 2. The van der Waals surface area contributed by atoms with Crippen LogP contribution in [0.5, 0.6) is 0 Å². The minimum Gasteiger partial charge on any atom is -0.480 e. The molecule has 0 unspecified atom stereocenters. The van der Waals surface area contributed by atoms with E-state index >= 15 is 0 Å². The normalized spacial score (nSPS) is 23.7. The maximum Gasteiger partial charge on any atom is 0.327 e. The number of nitrogens with zero attached hydrogens (tertiary/aromatic N) is 1. The number of carboxylic acid groups (broad SMARTS) is 1. The van der Waals surface area contributed by atoms with Crippen molar-refractivity contribution in [3.05, 3.63) is 35.9 Å². The van der Waals surface area contributed by atoms with Crippen molar-refractivity contribution in [3.8, 4) is 0 Å². The van der Waals surface area contributed by atoms with Gasteiger partial charge < -0.3 is 10.0 Å². The van der Waals surface area contributed by atoms with E-state index in [0.29, 0.717) is 5.75 Å². The van der Waals surface area contributed by atoms with Gasteiger partial charge in [-0.2, -0.15) is 0 Å². The molecule has 17 heavy (non-hydrogen) atoms. The Morgan fingerprint density at radius 1 is 1.35 bits per heavy atom. The van der Waals surface area contributed by atoms with E-state index < -0.39 is 12.0 Å². The second-order valence-electron chi connectivity index (χ2n) is 3.88. The lowest BCUT2D eigenvalue weighted by Gasteiger charge is -2.26. The number of thioether (sulfide) groups is 1. The van der Waals surface area contributed by atoms with Crippen molar-refractivity contribution >= 4 is 23.6 Å². The summed E-state index contributed by atoms with van der Waals surface area (Å²) in [5, 5.41) is 8.90. The van der Waals surface area contributed by atoms with Crippen molar-refractivity contribution in [2.45, 2.75) is 18.3 Å². The zero-order valence-electron chi connectivity index (χ0n) is 9.37. The van der Waals surface area contributed by atoms with Gasteiger partial charge in [-0.05, 0) is 5.56 Å². The van der Waals surface area contributed by atoms with Gasteiger partial charge in [0.25, 0.3) is 0 Å². The molecule has 2 rings (SSSR count). The van der Waals surface area contributed by atoms with Crippen LogP contribution in [0.2, 0.25) is 0 Å². The van der Waals surface area contributed by atoms with E-state index in [1.165, 1.54) is 23.6 Å². The number of benzene rings is 1. The van der Waals surface area contributed by atoms with E-state index in [9.17, 15) is 9.59 Å². The van der Waals surface area contributed by atoms with Crippen molar-refractivity contribution in [1.29, 1.82) is 0 Å². The summed E-state index contributed by atoms with van der Waals surface area (Å²) in [6.45, 7) is 1.41. The average molecular weight is 251 g/mol. The second kappa shape index (κ2) is 4.79. The van der Waals surface area contributed by atoms with E-state index in [1.54, 1.807) is 0 Å². The van der Waals surface area contributed by atoms with Crippen LogP contribution in [-0.4, -0.2) is 33.7 Å². The lowest BCUT2D eigenvalue weighted by molar-refractivity contribution is -0.148. The van der Waals surface area contributed by atoms with E-state index in [0.717, 1.165) is 5.56 Å². The van der Waals surface area contributed by atoms with E-state index in [-0.39, 0.29) is 11.3 Å². The highest BCUT2D eigenvalue weighted by molar-refractivity contribution is 7.99. The van der Waals surface area contributed by atoms with Gasteiger partial charge in [0, 0.05) is 12.7 Å². The van der Waals surface area contributed by atoms with Crippen molar-refractivity contribution in [1.82, 2.24) is 4.90 Å². The van der Waals surface area contributed by atoms with Crippen LogP contribution in [0.15, 0.2) is 30.3 Å². The van der Waals surface area contributed by atoms with Gasteiger partial charge in [-0.25, -0.2) is 4.79 Å². The summed E-state index contributed by atoms with van der Waals surface area (Å²) in [5.74, 6) is -0.698. The highest BCUT2D eigenvalue weighted by Gasteiger charge is 2.40. The first-order valence-electron chi connectivity index (χ1n) is 5.29. The molecule has 0 spiro atoms. The first-order valence-corrected chi connectivity index (χ1v) is 6.34. The van der Waals surface area contributed by atoms with Crippen LogP contribution in [0.1, 0.15) is 17.9 Å². The Morgan fingerprint density at radius 2 is 2.00 bits per heavy atom. The largest absolute Gasteiger partial charge is 0.480 e. The molecule has 0 bridgehead atoms. The lowest BCUT2D eigenvalue weighted by Crippen LogP contribution is -2.41. The van der Waals surface area contributed by atoms with Gasteiger partial charge in [0.05, 0.1) is 0 Å². The molecule has 0 saturated carbocycles. The van der Waals surface area contributed by atoms with Gasteiger partial charge >= 0.3 is 5.97 Å². The number of hydrogen-bond acceptors (Lipinski definition) is 3. The SMILES string of the molecule is CC(=O)N1[C@@H](C(=O)O)CS[C@@H]1c1ccccc1. The minimum absolute atomic E-state index is 0.185. The number of aliphatic carboxylic acids is 1. The Kier molecular flexibility index (Phi) is 3.38. The summed E-state index contributed by atoms with van der Waals surface area (Å²) < 4.78 is 0. The molecule has 1 N–H and O–H groups in total. The third kappa shape index (κ3) is 2.29. The summed E-state index contributed by atoms with van der Waals surface area (Å²) in [6, 6.07) is 8.79. The van der Waals surface area contributed by atoms with E-state index in [1.807, 2.05) is 30.3 Å². The van der Waals surface area contributed by atoms with Gasteiger partial charge in [-0.3, -0.25) is 4.79 Å². The molecule has 90 valence electrons. The van der Waals surface area contributed by atoms with Crippen LogP contribution in [0.25, 0.3) is 0 Å². The second-order valence-corrected chi connectivity index (χ2v) is 4.99. The van der Waals surface area contributed by atoms with Crippen LogP contribution in [0, 0.1) is 0 Å². The fourth-order valence-corrected chi connectivity index (χ4v) is 3.43. The van der Waals surface area contributed by atoms with Crippen LogP contribution in [-0.2, 0) is 9.59 Å². The first kappa shape index (κ1) is 12.0. The van der Waals surface area contributed by atoms with Crippen molar-refractivity contribution in [2.75, 3.05) is 5.75 Å². The Hall–Kier alpha value is -1.49. The summed E-state index contributed by atoms with van der Waals surface area (Å²) in [6.07, 6.45) is 0. The van der Waals surface area contributed by atoms with E-state index in [4.69, 9.17) is 5.11 Å². The molecule has 5 heteroatoms. The molecule has 4 nitrogen and oxygen atoms in total. The molecule has 0 aromatic heterocycles. The smallest absolute Gasteiger partial charge is 0.327 e. The number of hydrogen-bond donors (Lipinski definition) is 1. The summed E-state index contributed by atoms with van der Waals surface area (Å²) >= 11 is 1.49. The predicted octanol–water partition coefficient (Wildman–Crippen LogP) is 1.73. The monoisotopic (exact) mass is 251 g/mol. The number of carboxylic acids is 1. The topological polar surface area (TPSA) is 57.6 Å². The molecule has 1 saturated heterocycles. The van der Waals surface area contributed by atoms with E-state index in [2.05, 4.69) is 0 Å². The fraction of sp³-hybridized carbons (Fsp3) is 0.333. The third-order valence-corrected chi connectivity index (χ3v) is 4.06. The Labute approximate surface area is 104 Å². The minimum atomic E-state index is -0.939. The van der Waals surface area contributed by atoms with Gasteiger partial charge in [0.15, 0.2) is 0 Å². The Balaban J connectivity index is 2.30. The zero-order chi connectivity index (χ0) is 12.4. The van der Waals surface area contributed by atoms with Crippen molar-refractivity contribution in [3.63, 3.8) is 0 Å². The van der Waals surface area contributed by atoms with Crippen LogP contribution < -0.4 is 0 Å². The first-order chi connectivity index (χ1) is 8.11. The number of amides is 1. The molecule has 1 aliphatic heterocycles. The molecule has 0 aliphatic carbocycles. The molecular formula is C12H13NO3S. The van der Waals surface area contributed by atoms with Crippen LogP contribution >= 0.6 is 11.8 Å². The van der Waals surface area contributed by atoms with Crippen molar-refractivity contribution < 1.29 is 14.7 Å².